The molecular formula is C7H7IN2O. The maximum atomic E-state index is 9.68. The number of nitroso groups, excluding NO2 is 1. The van der Waals surface area contributed by atoms with Crippen LogP contribution in [0.25, 0.3) is 0 Å². The molecule has 11 heavy (non-hydrogen) atoms. The summed E-state index contributed by atoms with van der Waals surface area (Å²) in [4.78, 5) is 9.68. The Balaban J connectivity index is 2.58. The minimum absolute atomic E-state index is 0.500. The summed E-state index contributed by atoms with van der Waals surface area (Å²) in [6.45, 7) is 0.500. The van der Waals surface area contributed by atoms with Crippen LogP contribution in [0.4, 0.5) is 0 Å². The Labute approximate surface area is 78.3 Å². The van der Waals surface area contributed by atoms with Crippen LogP contribution in [0.1, 0.15) is 5.56 Å². The molecule has 3 nitrogen and oxygen atoms in total. The number of hydrogen-bond acceptors (Lipinski definition) is 2. The Morgan fingerprint density at radius 3 is 2.55 bits per heavy atom. The van der Waals surface area contributed by atoms with Crippen molar-refractivity contribution < 1.29 is 0 Å². The minimum atomic E-state index is 0.500. The summed E-state index contributed by atoms with van der Waals surface area (Å²) in [7, 11) is 0. The number of nitrogens with zero attached hydrogens (tertiary/aromatic N) is 1. The lowest BCUT2D eigenvalue weighted by Crippen LogP contribution is -2.02. The zero-order valence-corrected chi connectivity index (χ0v) is 7.91. The highest BCUT2D eigenvalue weighted by Gasteiger charge is 1.90. The molecule has 1 rings (SSSR count). The fourth-order valence-electron chi connectivity index (χ4n) is 0.726. The van der Waals surface area contributed by atoms with Crippen molar-refractivity contribution in [3.8, 4) is 0 Å². The van der Waals surface area contributed by atoms with Gasteiger partial charge in [0.2, 0.25) is 0 Å². The van der Waals surface area contributed by atoms with E-state index in [1.165, 1.54) is 3.57 Å². The number of benzene rings is 1. The van der Waals surface area contributed by atoms with E-state index in [1.54, 1.807) is 0 Å². The van der Waals surface area contributed by atoms with E-state index in [9.17, 15) is 4.91 Å². The molecule has 0 aliphatic carbocycles. The van der Waals surface area contributed by atoms with Gasteiger partial charge in [0.25, 0.3) is 0 Å². The van der Waals surface area contributed by atoms with Crippen LogP contribution < -0.4 is 5.43 Å². The summed E-state index contributed by atoms with van der Waals surface area (Å²) in [5.74, 6) is 0. The second-order valence-electron chi connectivity index (χ2n) is 2.05. The van der Waals surface area contributed by atoms with E-state index in [4.69, 9.17) is 0 Å². The molecule has 0 saturated heterocycles. The van der Waals surface area contributed by atoms with Crippen molar-refractivity contribution in [1.82, 2.24) is 5.43 Å². The van der Waals surface area contributed by atoms with Gasteiger partial charge in [-0.05, 0) is 40.3 Å². The van der Waals surface area contributed by atoms with Crippen molar-refractivity contribution in [2.45, 2.75) is 6.54 Å². The fourth-order valence-corrected chi connectivity index (χ4v) is 1.09. The van der Waals surface area contributed by atoms with Gasteiger partial charge in [0.15, 0.2) is 0 Å². The number of rotatable bonds is 3. The highest BCUT2D eigenvalue weighted by molar-refractivity contribution is 14.1. The summed E-state index contributed by atoms with van der Waals surface area (Å²) in [6, 6.07) is 7.89. The van der Waals surface area contributed by atoms with Crippen LogP contribution in [0.5, 0.6) is 0 Å². The molecule has 0 aliphatic rings. The normalized spacial score (nSPS) is 9.18. The molecule has 0 amide bonds. The van der Waals surface area contributed by atoms with E-state index in [1.807, 2.05) is 24.3 Å². The van der Waals surface area contributed by atoms with Gasteiger partial charge >= 0.3 is 0 Å². The van der Waals surface area contributed by atoms with Crippen molar-refractivity contribution in [2.24, 2.45) is 5.29 Å². The van der Waals surface area contributed by atoms with Crippen molar-refractivity contribution in [2.75, 3.05) is 0 Å². The minimum Gasteiger partial charge on any atom is -0.269 e. The van der Waals surface area contributed by atoms with Crippen LogP contribution >= 0.6 is 22.6 Å². The van der Waals surface area contributed by atoms with Crippen LogP contribution in [0.3, 0.4) is 0 Å². The van der Waals surface area contributed by atoms with Crippen LogP contribution in [-0.2, 0) is 6.54 Å². The molecule has 0 aromatic heterocycles. The van der Waals surface area contributed by atoms with Gasteiger partial charge in [-0.15, -0.1) is 4.91 Å². The zero-order valence-electron chi connectivity index (χ0n) is 5.75. The third-order valence-electron chi connectivity index (χ3n) is 1.26. The van der Waals surface area contributed by atoms with E-state index in [2.05, 4.69) is 33.3 Å². The lowest BCUT2D eigenvalue weighted by atomic mass is 10.2. The van der Waals surface area contributed by atoms with Crippen molar-refractivity contribution in [1.29, 1.82) is 0 Å². The average molecular weight is 262 g/mol. The van der Waals surface area contributed by atoms with Crippen molar-refractivity contribution in [3.63, 3.8) is 0 Å². The SMILES string of the molecule is O=NNCc1ccc(I)cc1. The summed E-state index contributed by atoms with van der Waals surface area (Å²) in [5, 5.41) is 2.55. The standard InChI is InChI=1S/C7H7IN2O/c8-7-3-1-6(2-4-7)5-9-10-11/h1-4H,5H2,(H,9,11). The molecule has 0 spiro atoms. The average Bonchev–Trinajstić information content (AvgIpc) is 2.04. The molecule has 1 aromatic rings. The Morgan fingerprint density at radius 1 is 1.36 bits per heavy atom. The molecule has 0 radical (unpaired) electrons. The molecule has 0 atom stereocenters. The fraction of sp³-hybridized carbons (Fsp3) is 0.143. The number of halogens is 1. The largest absolute Gasteiger partial charge is 0.269 e. The van der Waals surface area contributed by atoms with Crippen LogP contribution in [-0.4, -0.2) is 0 Å². The van der Waals surface area contributed by atoms with Crippen LogP contribution in [0.2, 0.25) is 0 Å². The smallest absolute Gasteiger partial charge is 0.0612 e. The molecule has 1 aromatic carbocycles. The van der Waals surface area contributed by atoms with E-state index in [0.29, 0.717) is 6.54 Å². The highest BCUT2D eigenvalue weighted by atomic mass is 127. The molecule has 4 heteroatoms. The van der Waals surface area contributed by atoms with Gasteiger partial charge in [-0.25, -0.2) is 0 Å². The van der Waals surface area contributed by atoms with Gasteiger partial charge in [0, 0.05) is 8.86 Å². The topological polar surface area (TPSA) is 41.5 Å². The van der Waals surface area contributed by atoms with E-state index >= 15 is 0 Å². The molecule has 0 saturated carbocycles. The number of nitrogens with one attached hydrogen (secondary N) is 1. The van der Waals surface area contributed by atoms with Gasteiger partial charge in [-0.1, -0.05) is 12.1 Å². The van der Waals surface area contributed by atoms with Crippen molar-refractivity contribution >= 4 is 22.6 Å². The second-order valence-corrected chi connectivity index (χ2v) is 3.30. The molecule has 0 unspecified atom stereocenters. The zero-order chi connectivity index (χ0) is 8.10. The Morgan fingerprint density at radius 2 is 2.00 bits per heavy atom. The summed E-state index contributed by atoms with van der Waals surface area (Å²) >= 11 is 2.23. The summed E-state index contributed by atoms with van der Waals surface area (Å²) in [6.07, 6.45) is 0. The van der Waals surface area contributed by atoms with Crippen molar-refractivity contribution in [3.05, 3.63) is 38.3 Å². The van der Waals surface area contributed by atoms with Crippen LogP contribution in [0, 0.1) is 8.48 Å². The summed E-state index contributed by atoms with van der Waals surface area (Å²) in [5.41, 5.74) is 3.41. The Bertz CT molecular complexity index is 235. The predicted octanol–water partition coefficient (Wildman–Crippen LogP) is 2.06. The Kier molecular flexibility index (Phi) is 3.28. The van der Waals surface area contributed by atoms with Gasteiger partial charge in [-0.3, -0.25) is 5.43 Å². The first kappa shape index (κ1) is 8.45. The molecule has 1 N–H and O–H groups in total. The maximum Gasteiger partial charge on any atom is 0.0612 e. The van der Waals surface area contributed by atoms with E-state index < -0.39 is 0 Å². The molecule has 0 bridgehead atoms. The van der Waals surface area contributed by atoms with Crippen LogP contribution in [0.15, 0.2) is 29.6 Å². The third kappa shape index (κ3) is 2.83. The molecule has 0 fully saturated rings. The quantitative estimate of drug-likeness (QED) is 0.514. The maximum absolute atomic E-state index is 9.68. The van der Waals surface area contributed by atoms with Gasteiger partial charge in [0.1, 0.15) is 0 Å². The lowest BCUT2D eigenvalue weighted by molar-refractivity contribution is 0.736. The first-order valence-corrected chi connectivity index (χ1v) is 4.20. The van der Waals surface area contributed by atoms with E-state index in [0.717, 1.165) is 5.56 Å². The first-order chi connectivity index (χ1) is 5.33. The highest BCUT2D eigenvalue weighted by Crippen LogP contribution is 2.05. The molecule has 58 valence electrons. The molecular weight excluding hydrogens is 255 g/mol. The summed E-state index contributed by atoms with van der Waals surface area (Å²) < 4.78 is 1.19. The van der Waals surface area contributed by atoms with Gasteiger partial charge in [0.05, 0.1) is 6.54 Å². The predicted molar refractivity (Wildman–Crippen MR) is 51.8 cm³/mol. The number of hydrogen-bond donors (Lipinski definition) is 1. The first-order valence-electron chi connectivity index (χ1n) is 3.12. The lowest BCUT2D eigenvalue weighted by Gasteiger charge is -1.97. The Hall–Kier alpha value is -0.650. The van der Waals surface area contributed by atoms with Gasteiger partial charge < -0.3 is 0 Å². The molecule has 0 heterocycles. The molecule has 0 aliphatic heterocycles. The van der Waals surface area contributed by atoms with E-state index in [-0.39, 0.29) is 0 Å². The monoisotopic (exact) mass is 262 g/mol. The third-order valence-corrected chi connectivity index (χ3v) is 1.98. The second kappa shape index (κ2) is 4.27. The van der Waals surface area contributed by atoms with Gasteiger partial charge in [-0.2, -0.15) is 0 Å².